The fourth-order valence-electron chi connectivity index (χ4n) is 4.45. The maximum atomic E-state index is 12.7. The van der Waals surface area contributed by atoms with Crippen LogP contribution in [-0.4, -0.2) is 79.1 Å². The molecule has 4 heterocycles. The number of aryl methyl sites for hydroxylation is 1. The van der Waals surface area contributed by atoms with Crippen molar-refractivity contribution >= 4 is 70.4 Å². The molecule has 11 nitrogen and oxygen atoms in total. The fourth-order valence-corrected chi connectivity index (χ4v) is 5.91. The van der Waals surface area contributed by atoms with Gasteiger partial charge in [-0.1, -0.05) is 48.2 Å². The molecule has 2 aliphatic rings. The van der Waals surface area contributed by atoms with Gasteiger partial charge in [-0.2, -0.15) is 0 Å². The van der Waals surface area contributed by atoms with Crippen molar-refractivity contribution in [2.24, 2.45) is 14.1 Å². The van der Waals surface area contributed by atoms with E-state index in [2.05, 4.69) is 20.1 Å². The molecule has 39 heavy (non-hydrogen) atoms. The first-order valence-corrected chi connectivity index (χ1v) is 14.1. The number of imidazole rings is 1. The van der Waals surface area contributed by atoms with E-state index >= 15 is 0 Å². The zero-order valence-electron chi connectivity index (χ0n) is 21.4. The smallest absolute Gasteiger partial charge is 0.330 e. The SMILES string of the molecule is Cn1c(=S)c2c(nc(SCCN3CCOCC3)n2Cc2ccc(C=C3C(=O)NC(=S)NC3=O)cc2)n(C)c1=O. The van der Waals surface area contributed by atoms with Crippen LogP contribution in [0.5, 0.6) is 0 Å². The molecule has 2 aliphatic heterocycles. The lowest BCUT2D eigenvalue weighted by atomic mass is 10.1. The summed E-state index contributed by atoms with van der Waals surface area (Å²) < 4.78 is 10.9. The van der Waals surface area contributed by atoms with Gasteiger partial charge in [0.1, 0.15) is 15.7 Å². The number of aromatic nitrogens is 4. The molecule has 0 bridgehead atoms. The van der Waals surface area contributed by atoms with Crippen molar-refractivity contribution in [3.8, 4) is 0 Å². The van der Waals surface area contributed by atoms with E-state index in [-0.39, 0.29) is 16.4 Å². The van der Waals surface area contributed by atoms with Crippen LogP contribution in [0, 0.1) is 4.64 Å². The molecule has 0 aliphatic carbocycles. The molecule has 2 N–H and O–H groups in total. The lowest BCUT2D eigenvalue weighted by molar-refractivity contribution is -0.123. The fraction of sp³-hybridized carbons (Fsp3) is 0.360. The molecule has 5 rings (SSSR count). The molecule has 3 aromatic rings. The summed E-state index contributed by atoms with van der Waals surface area (Å²) in [7, 11) is 3.37. The van der Waals surface area contributed by atoms with E-state index in [1.165, 1.54) is 15.2 Å². The van der Waals surface area contributed by atoms with E-state index in [1.54, 1.807) is 25.9 Å². The molecule has 1 aromatic carbocycles. The average molecular weight is 586 g/mol. The standard InChI is InChI=1S/C25H27N7O4S3/c1-29-19-18(22(37)30(2)25(29)35)32(24(26-19)39-12-9-31-7-10-36-11-8-31)14-16-5-3-15(4-6-16)13-17-20(33)27-23(38)28-21(17)34/h3-6,13H,7-12,14H2,1-2H3,(H2,27,28,33,34,38). The minimum absolute atomic E-state index is 0.00400. The van der Waals surface area contributed by atoms with Gasteiger partial charge in [-0.3, -0.25) is 34.3 Å². The highest BCUT2D eigenvalue weighted by Gasteiger charge is 2.25. The predicted octanol–water partition coefficient (Wildman–Crippen LogP) is 1.19. The summed E-state index contributed by atoms with van der Waals surface area (Å²) >= 11 is 12.2. The molecule has 0 unspecified atom stereocenters. The van der Waals surface area contributed by atoms with Crippen LogP contribution >= 0.6 is 36.2 Å². The first-order chi connectivity index (χ1) is 18.7. The van der Waals surface area contributed by atoms with Crippen molar-refractivity contribution in [1.29, 1.82) is 0 Å². The van der Waals surface area contributed by atoms with Gasteiger partial charge in [0.15, 0.2) is 15.9 Å². The monoisotopic (exact) mass is 585 g/mol. The van der Waals surface area contributed by atoms with E-state index in [1.807, 2.05) is 24.3 Å². The third-order valence-corrected chi connectivity index (χ3v) is 8.26. The molecule has 2 saturated heterocycles. The Kier molecular flexibility index (Phi) is 8.09. The van der Waals surface area contributed by atoms with Crippen molar-refractivity contribution < 1.29 is 14.3 Å². The molecule has 0 spiro atoms. The van der Waals surface area contributed by atoms with E-state index in [0.29, 0.717) is 22.4 Å². The van der Waals surface area contributed by atoms with Gasteiger partial charge in [-0.15, -0.1) is 0 Å². The second kappa shape index (κ2) is 11.5. The number of nitrogens with zero attached hydrogens (tertiary/aromatic N) is 5. The summed E-state index contributed by atoms with van der Waals surface area (Å²) in [4.78, 5) is 44.2. The van der Waals surface area contributed by atoms with Gasteiger partial charge in [-0.25, -0.2) is 9.78 Å². The third-order valence-electron chi connectivity index (χ3n) is 6.63. The summed E-state index contributed by atoms with van der Waals surface area (Å²) in [6, 6.07) is 7.53. The summed E-state index contributed by atoms with van der Waals surface area (Å²) in [5, 5.41) is 5.65. The number of hydrogen-bond donors (Lipinski definition) is 2. The minimum atomic E-state index is -0.534. The van der Waals surface area contributed by atoms with Gasteiger partial charge in [0, 0.05) is 39.5 Å². The van der Waals surface area contributed by atoms with Crippen LogP contribution in [0.3, 0.4) is 0 Å². The van der Waals surface area contributed by atoms with E-state index in [0.717, 1.165) is 54.8 Å². The largest absolute Gasteiger partial charge is 0.379 e. The second-order valence-electron chi connectivity index (χ2n) is 9.20. The predicted molar refractivity (Wildman–Crippen MR) is 155 cm³/mol. The van der Waals surface area contributed by atoms with Crippen LogP contribution in [0.4, 0.5) is 0 Å². The Morgan fingerprint density at radius 3 is 2.36 bits per heavy atom. The first kappa shape index (κ1) is 27.4. The van der Waals surface area contributed by atoms with Gasteiger partial charge < -0.3 is 9.30 Å². The van der Waals surface area contributed by atoms with Crippen molar-refractivity contribution in [3.63, 3.8) is 0 Å². The van der Waals surface area contributed by atoms with Crippen molar-refractivity contribution in [1.82, 2.24) is 34.2 Å². The summed E-state index contributed by atoms with van der Waals surface area (Å²) in [5.41, 5.74) is 2.69. The van der Waals surface area contributed by atoms with Gasteiger partial charge in [-0.05, 0) is 29.4 Å². The minimum Gasteiger partial charge on any atom is -0.379 e. The molecule has 2 aromatic heterocycles. The zero-order valence-corrected chi connectivity index (χ0v) is 23.9. The highest BCUT2D eigenvalue weighted by molar-refractivity contribution is 7.99. The number of hydrogen-bond acceptors (Lipinski definition) is 9. The number of rotatable bonds is 7. The number of fused-ring (bicyclic) bond motifs is 1. The number of benzene rings is 1. The van der Waals surface area contributed by atoms with Gasteiger partial charge in [0.2, 0.25) is 0 Å². The lowest BCUT2D eigenvalue weighted by Gasteiger charge is -2.26. The number of thiocarbonyl (C=S) groups is 1. The van der Waals surface area contributed by atoms with Crippen LogP contribution in [-0.2, 0) is 35.0 Å². The second-order valence-corrected chi connectivity index (χ2v) is 11.1. The van der Waals surface area contributed by atoms with Gasteiger partial charge in [0.05, 0.1) is 19.8 Å². The Morgan fingerprint density at radius 2 is 1.69 bits per heavy atom. The topological polar surface area (TPSA) is 115 Å². The summed E-state index contributed by atoms with van der Waals surface area (Å²) in [6.07, 6.45) is 1.52. The van der Waals surface area contributed by atoms with E-state index in [4.69, 9.17) is 34.2 Å². The summed E-state index contributed by atoms with van der Waals surface area (Å²) in [6.45, 7) is 4.70. The molecule has 2 fully saturated rings. The number of carbonyl (C=O) groups excluding carboxylic acids is 2. The molecular weight excluding hydrogens is 559 g/mol. The lowest BCUT2D eigenvalue weighted by Crippen LogP contribution is -2.51. The van der Waals surface area contributed by atoms with Crippen LogP contribution in [0.15, 0.2) is 39.8 Å². The highest BCUT2D eigenvalue weighted by Crippen LogP contribution is 2.26. The Morgan fingerprint density at radius 1 is 1.03 bits per heavy atom. The van der Waals surface area contributed by atoms with Crippen molar-refractivity contribution in [3.05, 3.63) is 56.1 Å². The first-order valence-electron chi connectivity index (χ1n) is 12.3. The Labute approximate surface area is 238 Å². The number of thioether (sulfide) groups is 1. The molecule has 0 atom stereocenters. The van der Waals surface area contributed by atoms with Crippen LogP contribution < -0.4 is 16.3 Å². The van der Waals surface area contributed by atoms with Gasteiger partial charge >= 0.3 is 5.69 Å². The Balaban J connectivity index is 1.44. The van der Waals surface area contributed by atoms with E-state index < -0.39 is 11.8 Å². The average Bonchev–Trinajstić information content (AvgIpc) is 3.28. The zero-order chi connectivity index (χ0) is 27.7. The highest BCUT2D eigenvalue weighted by atomic mass is 32.2. The summed E-state index contributed by atoms with van der Waals surface area (Å²) in [5.74, 6) is -0.239. The van der Waals surface area contributed by atoms with E-state index in [9.17, 15) is 14.4 Å². The quantitative estimate of drug-likeness (QED) is 0.183. The molecule has 204 valence electrons. The van der Waals surface area contributed by atoms with Crippen LogP contribution in [0.1, 0.15) is 11.1 Å². The molecule has 0 radical (unpaired) electrons. The van der Waals surface area contributed by atoms with Gasteiger partial charge in [0.25, 0.3) is 11.8 Å². The number of amides is 2. The Hall–Kier alpha value is -3.17. The van der Waals surface area contributed by atoms with Crippen LogP contribution in [0.25, 0.3) is 17.2 Å². The molecule has 0 saturated carbocycles. The molecule has 2 amide bonds. The van der Waals surface area contributed by atoms with Crippen molar-refractivity contribution in [2.45, 2.75) is 11.7 Å². The van der Waals surface area contributed by atoms with Crippen LogP contribution in [0.2, 0.25) is 0 Å². The maximum Gasteiger partial charge on any atom is 0.330 e. The maximum absolute atomic E-state index is 12.7. The number of ether oxygens (including phenoxy) is 1. The number of morpholine rings is 1. The third kappa shape index (κ3) is 5.75. The number of carbonyl (C=O) groups is 2. The molecule has 14 heteroatoms. The Bertz CT molecular complexity index is 1590. The number of nitrogens with one attached hydrogen (secondary N) is 2. The molecular formula is C25H27N7O4S3. The normalized spacial score (nSPS) is 16.5. The van der Waals surface area contributed by atoms with Crippen molar-refractivity contribution in [2.75, 3.05) is 38.6 Å².